The van der Waals surface area contributed by atoms with Gasteiger partial charge in [-0.15, -0.1) is 0 Å². The van der Waals surface area contributed by atoms with Crippen LogP contribution in [0, 0.1) is 13.8 Å². The molecule has 1 saturated heterocycles. The fourth-order valence-corrected chi connectivity index (χ4v) is 3.81. The van der Waals surface area contributed by atoms with Gasteiger partial charge in [0, 0.05) is 25.3 Å². The van der Waals surface area contributed by atoms with Crippen LogP contribution in [-0.4, -0.2) is 38.7 Å². The Bertz CT molecular complexity index is 492. The van der Waals surface area contributed by atoms with Gasteiger partial charge in [0.1, 0.15) is 0 Å². The van der Waals surface area contributed by atoms with Crippen LogP contribution in [0.4, 0.5) is 0 Å². The van der Waals surface area contributed by atoms with E-state index in [0.717, 1.165) is 49.7 Å². The number of rotatable bonds is 6. The number of thioether (sulfide) groups is 1. The van der Waals surface area contributed by atoms with Gasteiger partial charge < -0.3 is 9.47 Å². The van der Waals surface area contributed by atoms with Crippen LogP contribution in [0.1, 0.15) is 50.9 Å². The number of amides is 1. The lowest BCUT2D eigenvalue weighted by molar-refractivity contribution is -0.129. The molecule has 1 aromatic rings. The van der Waals surface area contributed by atoms with Crippen LogP contribution in [0.3, 0.4) is 0 Å². The predicted molar refractivity (Wildman–Crippen MR) is 87.7 cm³/mol. The van der Waals surface area contributed by atoms with Gasteiger partial charge >= 0.3 is 0 Å². The molecule has 21 heavy (non-hydrogen) atoms. The normalized spacial score (nSPS) is 16.5. The highest BCUT2D eigenvalue weighted by atomic mass is 32.2. The highest BCUT2D eigenvalue weighted by Gasteiger charge is 2.25. The molecular formula is C16H27N3OS. The third-order valence-electron chi connectivity index (χ3n) is 4.21. The summed E-state index contributed by atoms with van der Waals surface area (Å²) in [7, 11) is 0. The molecule has 2 rings (SSSR count). The Morgan fingerprint density at radius 1 is 1.33 bits per heavy atom. The Hall–Kier alpha value is -0.970. The molecule has 0 radical (unpaired) electrons. The Labute approximate surface area is 132 Å². The van der Waals surface area contributed by atoms with Crippen LogP contribution in [0.2, 0.25) is 0 Å². The number of carbonyl (C=O) groups is 1. The molecule has 0 N–H and O–H groups in total. The summed E-state index contributed by atoms with van der Waals surface area (Å²) in [4.78, 5) is 19.1. The van der Waals surface area contributed by atoms with Crippen LogP contribution in [-0.2, 0) is 11.3 Å². The van der Waals surface area contributed by atoms with Crippen molar-refractivity contribution in [2.75, 3.05) is 13.1 Å². The van der Waals surface area contributed by atoms with E-state index in [1.54, 1.807) is 11.8 Å². The number of hydrogen-bond acceptors (Lipinski definition) is 3. The van der Waals surface area contributed by atoms with Crippen molar-refractivity contribution >= 4 is 17.7 Å². The first-order chi connectivity index (χ1) is 10.0. The number of unbranched alkanes of at least 4 members (excludes halogenated alkanes) is 1. The zero-order valence-electron chi connectivity index (χ0n) is 13.7. The van der Waals surface area contributed by atoms with Crippen molar-refractivity contribution in [2.24, 2.45) is 0 Å². The summed E-state index contributed by atoms with van der Waals surface area (Å²) < 4.78 is 2.28. The van der Waals surface area contributed by atoms with Gasteiger partial charge in [0.15, 0.2) is 5.16 Å². The monoisotopic (exact) mass is 309 g/mol. The van der Waals surface area contributed by atoms with Gasteiger partial charge in [-0.2, -0.15) is 0 Å². The Kier molecular flexibility index (Phi) is 5.73. The van der Waals surface area contributed by atoms with E-state index < -0.39 is 0 Å². The minimum atomic E-state index is -0.0512. The van der Waals surface area contributed by atoms with Crippen LogP contribution in [0.5, 0.6) is 0 Å². The van der Waals surface area contributed by atoms with E-state index in [1.165, 1.54) is 12.1 Å². The van der Waals surface area contributed by atoms with Gasteiger partial charge in [0.2, 0.25) is 5.91 Å². The van der Waals surface area contributed by atoms with Crippen molar-refractivity contribution in [2.45, 2.75) is 70.3 Å². The lowest BCUT2D eigenvalue weighted by atomic mass is 10.3. The van der Waals surface area contributed by atoms with Gasteiger partial charge in [0.25, 0.3) is 0 Å². The maximum absolute atomic E-state index is 12.4. The SMILES string of the molecule is CCCCn1c(SC(C)C(=O)N2CCCC2)nc(C)c1C. The zero-order chi connectivity index (χ0) is 15.4. The number of imidazole rings is 1. The van der Waals surface area contributed by atoms with E-state index >= 15 is 0 Å². The summed E-state index contributed by atoms with van der Waals surface area (Å²) >= 11 is 1.61. The van der Waals surface area contributed by atoms with E-state index in [0.29, 0.717) is 0 Å². The number of hydrogen-bond donors (Lipinski definition) is 0. The summed E-state index contributed by atoms with van der Waals surface area (Å²) in [6, 6.07) is 0. The van der Waals surface area contributed by atoms with Gasteiger partial charge in [-0.25, -0.2) is 4.98 Å². The standard InChI is InChI=1S/C16H27N3OS/c1-5-6-11-19-13(3)12(2)17-16(19)21-14(4)15(20)18-9-7-8-10-18/h14H,5-11H2,1-4H3. The second-order valence-electron chi connectivity index (χ2n) is 5.86. The highest BCUT2D eigenvalue weighted by molar-refractivity contribution is 8.00. The molecule has 1 unspecified atom stereocenters. The fourth-order valence-electron chi connectivity index (χ4n) is 2.70. The van der Waals surface area contributed by atoms with Gasteiger partial charge in [0.05, 0.1) is 10.9 Å². The molecule has 1 aromatic heterocycles. The molecule has 1 fully saturated rings. The molecule has 0 saturated carbocycles. The lowest BCUT2D eigenvalue weighted by Crippen LogP contribution is -2.34. The largest absolute Gasteiger partial charge is 0.342 e. The quantitative estimate of drug-likeness (QED) is 0.756. The number of likely N-dealkylation sites (tertiary alicyclic amines) is 1. The number of aryl methyl sites for hydroxylation is 1. The Morgan fingerprint density at radius 2 is 2.00 bits per heavy atom. The molecule has 1 aliphatic rings. The minimum absolute atomic E-state index is 0.0512. The number of carbonyl (C=O) groups excluding carboxylic acids is 1. The van der Waals surface area contributed by atoms with Crippen molar-refractivity contribution in [3.05, 3.63) is 11.4 Å². The molecule has 118 valence electrons. The maximum Gasteiger partial charge on any atom is 0.235 e. The summed E-state index contributed by atoms with van der Waals surface area (Å²) in [5, 5.41) is 0.947. The Balaban J connectivity index is 2.07. The highest BCUT2D eigenvalue weighted by Crippen LogP contribution is 2.27. The predicted octanol–water partition coefficient (Wildman–Crippen LogP) is 3.40. The average Bonchev–Trinajstić information content (AvgIpc) is 3.07. The van der Waals surface area contributed by atoms with E-state index in [1.807, 2.05) is 11.8 Å². The molecule has 1 aliphatic heterocycles. The third-order valence-corrected chi connectivity index (χ3v) is 5.28. The van der Waals surface area contributed by atoms with Crippen molar-refractivity contribution in [3.8, 4) is 0 Å². The number of nitrogens with zero attached hydrogens (tertiary/aromatic N) is 3. The molecule has 0 spiro atoms. The van der Waals surface area contributed by atoms with Crippen LogP contribution < -0.4 is 0 Å². The summed E-state index contributed by atoms with van der Waals surface area (Å²) in [6.45, 7) is 11.2. The molecule has 0 aliphatic carbocycles. The second kappa shape index (κ2) is 7.34. The van der Waals surface area contributed by atoms with E-state index in [4.69, 9.17) is 0 Å². The van der Waals surface area contributed by atoms with E-state index in [-0.39, 0.29) is 11.2 Å². The summed E-state index contributed by atoms with van der Waals surface area (Å²) in [5.74, 6) is 0.262. The zero-order valence-corrected chi connectivity index (χ0v) is 14.5. The average molecular weight is 309 g/mol. The molecule has 1 atom stereocenters. The van der Waals surface area contributed by atoms with Crippen LogP contribution in [0.25, 0.3) is 0 Å². The second-order valence-corrected chi connectivity index (χ2v) is 7.17. The van der Waals surface area contributed by atoms with Crippen molar-refractivity contribution < 1.29 is 4.79 Å². The first kappa shape index (κ1) is 16.4. The summed E-state index contributed by atoms with van der Waals surface area (Å²) in [5.41, 5.74) is 2.31. The first-order valence-electron chi connectivity index (χ1n) is 8.03. The third kappa shape index (κ3) is 3.82. The first-order valence-corrected chi connectivity index (χ1v) is 8.91. The maximum atomic E-state index is 12.4. The molecular weight excluding hydrogens is 282 g/mol. The van der Waals surface area contributed by atoms with Crippen molar-refractivity contribution in [1.29, 1.82) is 0 Å². The molecule has 0 bridgehead atoms. The van der Waals surface area contributed by atoms with Crippen molar-refractivity contribution in [3.63, 3.8) is 0 Å². The molecule has 0 aromatic carbocycles. The topological polar surface area (TPSA) is 38.1 Å². The molecule has 5 heteroatoms. The van der Waals surface area contributed by atoms with E-state index in [2.05, 4.69) is 30.3 Å². The minimum Gasteiger partial charge on any atom is -0.342 e. The van der Waals surface area contributed by atoms with Gasteiger partial charge in [-0.1, -0.05) is 25.1 Å². The fraction of sp³-hybridized carbons (Fsp3) is 0.750. The smallest absolute Gasteiger partial charge is 0.235 e. The van der Waals surface area contributed by atoms with Crippen molar-refractivity contribution in [1.82, 2.24) is 14.5 Å². The van der Waals surface area contributed by atoms with Gasteiger partial charge in [-0.3, -0.25) is 4.79 Å². The van der Waals surface area contributed by atoms with Crippen LogP contribution in [0.15, 0.2) is 5.16 Å². The number of aromatic nitrogens is 2. The summed E-state index contributed by atoms with van der Waals surface area (Å²) in [6.07, 6.45) is 4.61. The van der Waals surface area contributed by atoms with Crippen LogP contribution >= 0.6 is 11.8 Å². The molecule has 4 nitrogen and oxygen atoms in total. The molecule has 1 amide bonds. The van der Waals surface area contributed by atoms with Gasteiger partial charge in [-0.05, 0) is 40.0 Å². The Morgan fingerprint density at radius 3 is 2.62 bits per heavy atom. The lowest BCUT2D eigenvalue weighted by Gasteiger charge is -2.20. The van der Waals surface area contributed by atoms with E-state index in [9.17, 15) is 4.79 Å². The molecule has 2 heterocycles.